The molecule has 2 aromatic rings. The highest BCUT2D eigenvalue weighted by Crippen LogP contribution is 2.15. The lowest BCUT2D eigenvalue weighted by atomic mass is 10.1. The number of aromatic nitrogens is 3. The Labute approximate surface area is 105 Å². The van der Waals surface area contributed by atoms with Gasteiger partial charge in [-0.05, 0) is 31.0 Å². The first kappa shape index (κ1) is 12.7. The van der Waals surface area contributed by atoms with E-state index in [0.717, 1.165) is 12.1 Å². The molecule has 2 heterocycles. The van der Waals surface area contributed by atoms with E-state index in [2.05, 4.69) is 15.5 Å². The molecule has 0 fully saturated rings. The van der Waals surface area contributed by atoms with Gasteiger partial charge in [0.25, 0.3) is 0 Å². The van der Waals surface area contributed by atoms with E-state index in [1.54, 1.807) is 12.3 Å². The van der Waals surface area contributed by atoms with E-state index in [9.17, 15) is 4.39 Å². The molecule has 0 saturated carbocycles. The number of aryl methyl sites for hydroxylation is 1. The van der Waals surface area contributed by atoms with E-state index >= 15 is 0 Å². The Balaban J connectivity index is 2.11. The second-order valence-electron chi connectivity index (χ2n) is 4.03. The minimum absolute atomic E-state index is 0.153. The summed E-state index contributed by atoms with van der Waals surface area (Å²) in [7, 11) is 0. The van der Waals surface area contributed by atoms with Crippen molar-refractivity contribution in [2.45, 2.75) is 25.9 Å². The molecule has 0 spiro atoms. The molecule has 1 atom stereocenters. The summed E-state index contributed by atoms with van der Waals surface area (Å²) in [6.45, 7) is 2.85. The number of nitrogens with two attached hydrogens (primary N) is 1. The predicted octanol–water partition coefficient (Wildman–Crippen LogP) is 1.18. The van der Waals surface area contributed by atoms with Crippen LogP contribution in [0.25, 0.3) is 0 Å². The summed E-state index contributed by atoms with van der Waals surface area (Å²) >= 11 is 0. The molecular formula is C12H16FN5. The highest BCUT2D eigenvalue weighted by Gasteiger charge is 2.13. The molecule has 0 amide bonds. The lowest BCUT2D eigenvalue weighted by Crippen LogP contribution is -2.30. The molecule has 18 heavy (non-hydrogen) atoms. The van der Waals surface area contributed by atoms with Crippen molar-refractivity contribution in [2.24, 2.45) is 5.84 Å². The molecule has 3 N–H and O–H groups in total. The van der Waals surface area contributed by atoms with E-state index in [4.69, 9.17) is 5.84 Å². The molecule has 0 bridgehead atoms. The van der Waals surface area contributed by atoms with E-state index in [0.29, 0.717) is 12.1 Å². The summed E-state index contributed by atoms with van der Waals surface area (Å²) in [5, 5.41) is 4.20. The van der Waals surface area contributed by atoms with Crippen molar-refractivity contribution in [3.05, 3.63) is 47.8 Å². The van der Waals surface area contributed by atoms with Crippen molar-refractivity contribution in [3.8, 4) is 0 Å². The van der Waals surface area contributed by atoms with Crippen LogP contribution in [0.1, 0.15) is 24.2 Å². The monoisotopic (exact) mass is 249 g/mol. The van der Waals surface area contributed by atoms with Crippen molar-refractivity contribution < 1.29 is 4.39 Å². The third-order valence-corrected chi connectivity index (χ3v) is 2.76. The van der Waals surface area contributed by atoms with Gasteiger partial charge in [0.1, 0.15) is 5.82 Å². The molecular weight excluding hydrogens is 233 g/mol. The summed E-state index contributed by atoms with van der Waals surface area (Å²) in [6, 6.07) is 2.85. The maximum absolute atomic E-state index is 12.8. The van der Waals surface area contributed by atoms with Crippen LogP contribution in [0.2, 0.25) is 0 Å². The van der Waals surface area contributed by atoms with Gasteiger partial charge < -0.3 is 0 Å². The van der Waals surface area contributed by atoms with E-state index < -0.39 is 0 Å². The first-order valence-electron chi connectivity index (χ1n) is 5.82. The number of nitrogens with zero attached hydrogens (tertiary/aromatic N) is 3. The van der Waals surface area contributed by atoms with Crippen molar-refractivity contribution in [3.63, 3.8) is 0 Å². The van der Waals surface area contributed by atoms with Crippen LogP contribution in [0, 0.1) is 5.82 Å². The molecule has 5 nitrogen and oxygen atoms in total. The number of rotatable bonds is 5. The summed E-state index contributed by atoms with van der Waals surface area (Å²) < 4.78 is 14.7. The number of nitrogens with one attached hydrogen (secondary N) is 1. The Morgan fingerprint density at radius 1 is 1.44 bits per heavy atom. The van der Waals surface area contributed by atoms with Gasteiger partial charge in [0.05, 0.1) is 24.1 Å². The van der Waals surface area contributed by atoms with E-state index in [1.807, 2.05) is 17.8 Å². The third-order valence-electron chi connectivity index (χ3n) is 2.76. The van der Waals surface area contributed by atoms with Gasteiger partial charge in [-0.1, -0.05) is 0 Å². The standard InChI is InChI=1S/C12H16FN5/c1-2-18-8-9(6-16-18)5-12(17-14)11-4-3-10(13)7-15-11/h3-4,6-8,12,17H,2,5,14H2,1H3. The van der Waals surface area contributed by atoms with E-state index in [-0.39, 0.29) is 11.9 Å². The Morgan fingerprint density at radius 2 is 2.28 bits per heavy atom. The van der Waals surface area contributed by atoms with Crippen LogP contribution in [-0.4, -0.2) is 14.8 Å². The molecule has 6 heteroatoms. The van der Waals surface area contributed by atoms with Gasteiger partial charge in [0.2, 0.25) is 0 Å². The van der Waals surface area contributed by atoms with Gasteiger partial charge in [0, 0.05) is 12.7 Å². The lowest BCUT2D eigenvalue weighted by Gasteiger charge is -2.14. The quantitative estimate of drug-likeness (QED) is 0.617. The zero-order valence-corrected chi connectivity index (χ0v) is 10.2. The Bertz CT molecular complexity index is 493. The fourth-order valence-corrected chi connectivity index (χ4v) is 1.76. The zero-order chi connectivity index (χ0) is 13.0. The Hall–Kier alpha value is -1.79. The molecule has 0 aliphatic heterocycles. The molecule has 0 aliphatic rings. The van der Waals surface area contributed by atoms with Gasteiger partial charge >= 0.3 is 0 Å². The van der Waals surface area contributed by atoms with Crippen LogP contribution in [0.3, 0.4) is 0 Å². The molecule has 2 rings (SSSR count). The number of halogens is 1. The van der Waals surface area contributed by atoms with Gasteiger partial charge in [-0.15, -0.1) is 0 Å². The van der Waals surface area contributed by atoms with Gasteiger partial charge in [0.15, 0.2) is 0 Å². The molecule has 0 aromatic carbocycles. The lowest BCUT2D eigenvalue weighted by molar-refractivity contribution is 0.532. The second-order valence-corrected chi connectivity index (χ2v) is 4.03. The van der Waals surface area contributed by atoms with Gasteiger partial charge in [-0.2, -0.15) is 5.10 Å². The van der Waals surface area contributed by atoms with Crippen LogP contribution in [-0.2, 0) is 13.0 Å². The summed E-state index contributed by atoms with van der Waals surface area (Å²) in [5.41, 5.74) is 4.46. The zero-order valence-electron chi connectivity index (χ0n) is 10.2. The van der Waals surface area contributed by atoms with Crippen LogP contribution in [0.4, 0.5) is 4.39 Å². The fraction of sp³-hybridized carbons (Fsp3) is 0.333. The molecule has 1 unspecified atom stereocenters. The number of hydrogen-bond acceptors (Lipinski definition) is 4. The maximum Gasteiger partial charge on any atom is 0.141 e. The van der Waals surface area contributed by atoms with Crippen molar-refractivity contribution in [1.29, 1.82) is 0 Å². The topological polar surface area (TPSA) is 68.8 Å². The maximum atomic E-state index is 12.8. The minimum Gasteiger partial charge on any atom is -0.273 e. The second kappa shape index (κ2) is 5.70. The van der Waals surface area contributed by atoms with Crippen molar-refractivity contribution in [2.75, 3.05) is 0 Å². The molecule has 0 aliphatic carbocycles. The van der Waals surface area contributed by atoms with Gasteiger partial charge in [-0.3, -0.25) is 20.9 Å². The molecule has 96 valence electrons. The van der Waals surface area contributed by atoms with Crippen LogP contribution < -0.4 is 11.3 Å². The number of pyridine rings is 1. The van der Waals surface area contributed by atoms with E-state index in [1.165, 1.54) is 12.3 Å². The van der Waals surface area contributed by atoms with Crippen molar-refractivity contribution in [1.82, 2.24) is 20.2 Å². The fourth-order valence-electron chi connectivity index (χ4n) is 1.76. The molecule has 0 radical (unpaired) electrons. The molecule has 2 aromatic heterocycles. The summed E-state index contributed by atoms with van der Waals surface area (Å²) in [6.07, 6.45) is 5.62. The highest BCUT2D eigenvalue weighted by atomic mass is 19.1. The predicted molar refractivity (Wildman–Crippen MR) is 65.9 cm³/mol. The largest absolute Gasteiger partial charge is 0.273 e. The number of hydrogen-bond donors (Lipinski definition) is 2. The highest BCUT2D eigenvalue weighted by molar-refractivity contribution is 5.15. The normalized spacial score (nSPS) is 12.6. The summed E-state index contributed by atoms with van der Waals surface area (Å²) in [5.74, 6) is 5.17. The van der Waals surface area contributed by atoms with Crippen LogP contribution in [0.5, 0.6) is 0 Å². The minimum atomic E-state index is -0.353. The number of hydrazine groups is 1. The SMILES string of the molecule is CCn1cc(CC(NN)c2ccc(F)cn2)cn1. The van der Waals surface area contributed by atoms with Gasteiger partial charge in [-0.25, -0.2) is 4.39 Å². The van der Waals surface area contributed by atoms with Crippen LogP contribution in [0.15, 0.2) is 30.7 Å². The van der Waals surface area contributed by atoms with Crippen LogP contribution >= 0.6 is 0 Å². The van der Waals surface area contributed by atoms with Crippen molar-refractivity contribution >= 4 is 0 Å². The summed E-state index contributed by atoms with van der Waals surface area (Å²) in [4.78, 5) is 4.03. The Kier molecular flexibility index (Phi) is 4.01. The third kappa shape index (κ3) is 2.91. The average Bonchev–Trinajstić information content (AvgIpc) is 2.85. The first-order valence-corrected chi connectivity index (χ1v) is 5.82. The molecule has 0 saturated heterocycles. The Morgan fingerprint density at radius 3 is 2.83 bits per heavy atom. The first-order chi connectivity index (χ1) is 8.72. The average molecular weight is 249 g/mol. The smallest absolute Gasteiger partial charge is 0.141 e.